The summed E-state index contributed by atoms with van der Waals surface area (Å²) in [5.74, 6) is -0.217. The molecule has 0 saturated carbocycles. The van der Waals surface area contributed by atoms with Gasteiger partial charge in [0.05, 0.1) is 10.5 Å². The molecule has 0 aliphatic carbocycles. The van der Waals surface area contributed by atoms with Crippen molar-refractivity contribution in [3.05, 3.63) is 72.1 Å². The Morgan fingerprint density at radius 2 is 1.61 bits per heavy atom. The number of piperazine rings is 1. The van der Waals surface area contributed by atoms with Crippen molar-refractivity contribution in [2.24, 2.45) is 0 Å². The summed E-state index contributed by atoms with van der Waals surface area (Å²) in [6.07, 6.45) is -1.28. The number of benzene rings is 2. The van der Waals surface area contributed by atoms with Crippen molar-refractivity contribution in [2.45, 2.75) is 11.1 Å². The van der Waals surface area contributed by atoms with Gasteiger partial charge in [0.1, 0.15) is 0 Å². The lowest BCUT2D eigenvalue weighted by Crippen LogP contribution is -2.50. The lowest BCUT2D eigenvalue weighted by molar-refractivity contribution is -0.137. The highest BCUT2D eigenvalue weighted by Crippen LogP contribution is 2.30. The molecular weight excluding hydrogens is 431 g/mol. The van der Waals surface area contributed by atoms with Crippen LogP contribution in [0.3, 0.4) is 0 Å². The van der Waals surface area contributed by atoms with E-state index in [-0.39, 0.29) is 37.0 Å². The molecule has 0 bridgehead atoms. The number of hydrogen-bond donors (Lipinski definition) is 0. The molecule has 31 heavy (non-hydrogen) atoms. The van der Waals surface area contributed by atoms with Gasteiger partial charge in [-0.2, -0.15) is 17.5 Å². The van der Waals surface area contributed by atoms with E-state index in [2.05, 4.69) is 4.98 Å². The summed E-state index contributed by atoms with van der Waals surface area (Å²) < 4.78 is 65.0. The van der Waals surface area contributed by atoms with E-state index in [9.17, 15) is 26.4 Å². The van der Waals surface area contributed by atoms with Crippen molar-refractivity contribution >= 4 is 26.7 Å². The van der Waals surface area contributed by atoms with Crippen LogP contribution < -0.4 is 0 Å². The zero-order chi connectivity index (χ0) is 22.2. The molecule has 0 N–H and O–H groups in total. The maximum absolute atomic E-state index is 13.0. The molecule has 1 saturated heterocycles. The van der Waals surface area contributed by atoms with Gasteiger partial charge in [-0.3, -0.25) is 9.78 Å². The summed E-state index contributed by atoms with van der Waals surface area (Å²) >= 11 is 0. The normalized spacial score (nSPS) is 15.9. The summed E-state index contributed by atoms with van der Waals surface area (Å²) in [5, 5.41) is 1.60. The molecule has 2 heterocycles. The molecule has 1 fully saturated rings. The lowest BCUT2D eigenvalue weighted by Gasteiger charge is -2.34. The van der Waals surface area contributed by atoms with Crippen LogP contribution in [0.1, 0.15) is 15.9 Å². The zero-order valence-electron chi connectivity index (χ0n) is 16.2. The smallest absolute Gasteiger partial charge is 0.336 e. The van der Waals surface area contributed by atoms with Crippen molar-refractivity contribution in [2.75, 3.05) is 26.2 Å². The molecule has 10 heteroatoms. The van der Waals surface area contributed by atoms with Gasteiger partial charge in [0.25, 0.3) is 5.91 Å². The number of sulfonamides is 1. The molecule has 1 aliphatic rings. The van der Waals surface area contributed by atoms with Gasteiger partial charge in [-0.15, -0.1) is 0 Å². The lowest BCUT2D eigenvalue weighted by atomic mass is 10.1. The van der Waals surface area contributed by atoms with Crippen molar-refractivity contribution in [1.82, 2.24) is 14.2 Å². The second kappa shape index (κ2) is 7.93. The number of aromatic nitrogens is 1. The molecule has 3 aromatic rings. The Morgan fingerprint density at radius 1 is 0.935 bits per heavy atom. The van der Waals surface area contributed by atoms with Gasteiger partial charge in [-0.1, -0.05) is 12.1 Å². The van der Waals surface area contributed by atoms with Crippen LogP contribution in [0.25, 0.3) is 10.8 Å². The van der Waals surface area contributed by atoms with Crippen LogP contribution in [0.5, 0.6) is 0 Å². The van der Waals surface area contributed by atoms with Crippen LogP contribution in [0.2, 0.25) is 0 Å². The van der Waals surface area contributed by atoms with Crippen LogP contribution in [0.15, 0.2) is 65.8 Å². The van der Waals surface area contributed by atoms with Crippen LogP contribution in [-0.4, -0.2) is 54.7 Å². The summed E-state index contributed by atoms with van der Waals surface area (Å²) in [6, 6.07) is 10.6. The first-order chi connectivity index (χ1) is 14.7. The highest BCUT2D eigenvalue weighted by molar-refractivity contribution is 7.89. The number of pyridine rings is 1. The van der Waals surface area contributed by atoms with E-state index in [1.165, 1.54) is 4.31 Å². The fraction of sp³-hybridized carbons (Fsp3) is 0.238. The number of hydrogen-bond acceptors (Lipinski definition) is 4. The average Bonchev–Trinajstić information content (AvgIpc) is 2.78. The van der Waals surface area contributed by atoms with Gasteiger partial charge in [0.2, 0.25) is 10.0 Å². The topological polar surface area (TPSA) is 70.6 Å². The Hall–Kier alpha value is -2.98. The monoisotopic (exact) mass is 449 g/mol. The standard InChI is InChI=1S/C21H18F3N3O3S/c22-21(23,24)16-4-6-17(7-5-16)31(29,30)27-12-10-26(11-13-27)20(28)18-3-1-2-15-8-9-25-14-19(15)18/h1-9,14H,10-13H2. The fourth-order valence-corrected chi connectivity index (χ4v) is 4.99. The molecule has 1 aliphatic heterocycles. The van der Waals surface area contributed by atoms with Gasteiger partial charge >= 0.3 is 6.18 Å². The van der Waals surface area contributed by atoms with Gasteiger partial charge in [-0.25, -0.2) is 8.42 Å². The van der Waals surface area contributed by atoms with E-state index in [0.29, 0.717) is 5.56 Å². The van der Waals surface area contributed by atoms with Crippen LogP contribution in [-0.2, 0) is 16.2 Å². The summed E-state index contributed by atoms with van der Waals surface area (Å²) in [4.78, 5) is 18.4. The number of carbonyl (C=O) groups excluding carboxylic acids is 1. The summed E-state index contributed by atoms with van der Waals surface area (Å²) in [5.41, 5.74) is -0.420. The maximum Gasteiger partial charge on any atom is 0.416 e. The van der Waals surface area contributed by atoms with Gasteiger partial charge in [0.15, 0.2) is 0 Å². The molecule has 0 unspecified atom stereocenters. The molecule has 162 valence electrons. The van der Waals surface area contributed by atoms with E-state index >= 15 is 0 Å². The zero-order valence-corrected chi connectivity index (χ0v) is 17.0. The molecule has 0 radical (unpaired) electrons. The molecule has 2 aromatic carbocycles. The van der Waals surface area contributed by atoms with E-state index < -0.39 is 21.8 Å². The number of alkyl halides is 3. The van der Waals surface area contributed by atoms with Crippen molar-refractivity contribution in [3.63, 3.8) is 0 Å². The Bertz CT molecular complexity index is 1210. The quantitative estimate of drug-likeness (QED) is 0.615. The highest BCUT2D eigenvalue weighted by Gasteiger charge is 2.33. The third-order valence-electron chi connectivity index (χ3n) is 5.26. The summed E-state index contributed by atoms with van der Waals surface area (Å²) in [7, 11) is -3.95. The second-order valence-electron chi connectivity index (χ2n) is 7.12. The number of halogens is 3. The molecule has 6 nitrogen and oxygen atoms in total. The minimum absolute atomic E-state index is 0.0537. The van der Waals surface area contributed by atoms with E-state index in [4.69, 9.17) is 0 Å². The SMILES string of the molecule is O=C(c1cccc2ccncc12)N1CCN(S(=O)(=O)c2ccc(C(F)(F)F)cc2)CC1. The number of amides is 1. The number of rotatable bonds is 3. The number of nitrogens with zero attached hydrogens (tertiary/aromatic N) is 3. The first-order valence-electron chi connectivity index (χ1n) is 9.47. The Morgan fingerprint density at radius 3 is 2.26 bits per heavy atom. The van der Waals surface area contributed by atoms with Crippen molar-refractivity contribution in [1.29, 1.82) is 0 Å². The predicted molar refractivity (Wildman–Crippen MR) is 108 cm³/mol. The maximum atomic E-state index is 13.0. The molecule has 1 aromatic heterocycles. The summed E-state index contributed by atoms with van der Waals surface area (Å²) in [6.45, 7) is 0.459. The molecule has 4 rings (SSSR count). The van der Waals surface area contributed by atoms with E-state index in [1.807, 2.05) is 6.07 Å². The molecular formula is C21H18F3N3O3S. The third kappa shape index (κ3) is 4.13. The van der Waals surface area contributed by atoms with Gasteiger partial charge in [0, 0.05) is 49.5 Å². The Kier molecular flexibility index (Phi) is 5.44. The molecule has 0 spiro atoms. The number of fused-ring (bicyclic) bond motifs is 1. The van der Waals surface area contributed by atoms with E-state index in [0.717, 1.165) is 35.0 Å². The van der Waals surface area contributed by atoms with Crippen molar-refractivity contribution in [3.8, 4) is 0 Å². The fourth-order valence-electron chi connectivity index (χ4n) is 3.57. The average molecular weight is 449 g/mol. The third-order valence-corrected chi connectivity index (χ3v) is 7.17. The van der Waals surface area contributed by atoms with Crippen molar-refractivity contribution < 1.29 is 26.4 Å². The number of carbonyl (C=O) groups is 1. The molecule has 0 atom stereocenters. The minimum atomic E-state index is -4.54. The van der Waals surface area contributed by atoms with Crippen LogP contribution >= 0.6 is 0 Å². The van der Waals surface area contributed by atoms with E-state index in [1.54, 1.807) is 35.5 Å². The first kappa shape index (κ1) is 21.3. The van der Waals surface area contributed by atoms with Crippen LogP contribution in [0, 0.1) is 0 Å². The predicted octanol–water partition coefficient (Wildman–Crippen LogP) is 3.40. The Labute approximate surface area is 177 Å². The highest BCUT2D eigenvalue weighted by atomic mass is 32.2. The minimum Gasteiger partial charge on any atom is -0.336 e. The second-order valence-corrected chi connectivity index (χ2v) is 9.06. The molecule has 1 amide bonds. The largest absolute Gasteiger partial charge is 0.416 e. The first-order valence-corrected chi connectivity index (χ1v) is 10.9. The van der Waals surface area contributed by atoms with Gasteiger partial charge in [-0.05, 0) is 41.8 Å². The van der Waals surface area contributed by atoms with Gasteiger partial charge < -0.3 is 4.90 Å². The Balaban J connectivity index is 1.48. The van der Waals surface area contributed by atoms with Crippen LogP contribution in [0.4, 0.5) is 13.2 Å².